The van der Waals surface area contributed by atoms with Gasteiger partial charge in [0.05, 0.1) is 17.8 Å². The summed E-state index contributed by atoms with van der Waals surface area (Å²) in [4.78, 5) is 0. The van der Waals surface area contributed by atoms with Gasteiger partial charge in [-0.05, 0) is 20.4 Å². The van der Waals surface area contributed by atoms with E-state index in [2.05, 4.69) is 27.6 Å². The average Bonchev–Trinajstić information content (AvgIpc) is 2.89. The van der Waals surface area contributed by atoms with Crippen LogP contribution in [0, 0.1) is 6.92 Å². The molecule has 2 rings (SSSR count). The molecule has 0 spiro atoms. The van der Waals surface area contributed by atoms with Crippen LogP contribution in [0.2, 0.25) is 0 Å². The molecule has 16 heavy (non-hydrogen) atoms. The van der Waals surface area contributed by atoms with E-state index >= 15 is 0 Å². The van der Waals surface area contributed by atoms with E-state index in [9.17, 15) is 0 Å². The van der Waals surface area contributed by atoms with Crippen LogP contribution in [0.15, 0.2) is 10.7 Å². The first kappa shape index (κ1) is 11.2. The van der Waals surface area contributed by atoms with Crippen LogP contribution in [0.1, 0.15) is 30.2 Å². The monoisotopic (exact) mass is 238 g/mol. The lowest BCUT2D eigenvalue weighted by atomic mass is 10.2. The largest absolute Gasteiger partial charge is 0.361 e. The zero-order valence-corrected chi connectivity index (χ0v) is 10.3. The molecule has 0 saturated heterocycles. The number of hydrogen-bond donors (Lipinski definition) is 1. The minimum absolute atomic E-state index is 0.270. The molecule has 1 N–H and O–H groups in total. The third kappa shape index (κ3) is 1.98. The van der Waals surface area contributed by atoms with Gasteiger partial charge >= 0.3 is 0 Å². The zero-order valence-electron chi connectivity index (χ0n) is 9.52. The van der Waals surface area contributed by atoms with E-state index in [1.165, 1.54) is 0 Å². The van der Waals surface area contributed by atoms with Gasteiger partial charge in [0.15, 0.2) is 5.01 Å². The Labute approximate surface area is 97.9 Å². The van der Waals surface area contributed by atoms with E-state index in [-0.39, 0.29) is 6.04 Å². The van der Waals surface area contributed by atoms with Crippen LogP contribution in [0.3, 0.4) is 0 Å². The highest BCUT2D eigenvalue weighted by atomic mass is 32.1. The lowest BCUT2D eigenvalue weighted by Gasteiger charge is -2.07. The standard InChI is InChI=1S/C10H14N4OS/c1-4-8(11-3)10-14-13-9(16-10)7-5-12-15-6(7)2/h5,8,11H,4H2,1-3H3. The maximum absolute atomic E-state index is 5.01. The number of nitrogens with one attached hydrogen (secondary N) is 1. The fourth-order valence-electron chi connectivity index (χ4n) is 1.49. The normalized spacial score (nSPS) is 12.9. The molecule has 6 heteroatoms. The van der Waals surface area contributed by atoms with Crippen molar-refractivity contribution in [3.05, 3.63) is 17.0 Å². The smallest absolute Gasteiger partial charge is 0.153 e. The Morgan fingerprint density at radius 1 is 1.50 bits per heavy atom. The van der Waals surface area contributed by atoms with Crippen molar-refractivity contribution in [2.24, 2.45) is 0 Å². The predicted octanol–water partition coefficient (Wildman–Crippen LogP) is 2.17. The van der Waals surface area contributed by atoms with Gasteiger partial charge in [0.25, 0.3) is 0 Å². The molecule has 0 aliphatic carbocycles. The second-order valence-electron chi connectivity index (χ2n) is 3.49. The first-order chi connectivity index (χ1) is 7.76. The van der Waals surface area contributed by atoms with Gasteiger partial charge in [-0.25, -0.2) is 0 Å². The summed E-state index contributed by atoms with van der Waals surface area (Å²) in [6.45, 7) is 3.99. The molecule has 0 radical (unpaired) electrons. The molecule has 2 aromatic heterocycles. The lowest BCUT2D eigenvalue weighted by Crippen LogP contribution is -2.14. The Bertz CT molecular complexity index is 461. The highest BCUT2D eigenvalue weighted by molar-refractivity contribution is 7.14. The Kier molecular flexibility index (Phi) is 3.31. The van der Waals surface area contributed by atoms with Crippen LogP contribution in [-0.2, 0) is 0 Å². The molecular formula is C10H14N4OS. The van der Waals surface area contributed by atoms with Crippen molar-refractivity contribution in [2.45, 2.75) is 26.3 Å². The summed E-state index contributed by atoms with van der Waals surface area (Å²) in [6, 6.07) is 0.270. The highest BCUT2D eigenvalue weighted by Crippen LogP contribution is 2.29. The number of aromatic nitrogens is 3. The Morgan fingerprint density at radius 3 is 2.88 bits per heavy atom. The van der Waals surface area contributed by atoms with Crippen LogP contribution in [-0.4, -0.2) is 22.4 Å². The van der Waals surface area contributed by atoms with Gasteiger partial charge in [-0.3, -0.25) is 0 Å². The van der Waals surface area contributed by atoms with E-state index in [0.29, 0.717) is 0 Å². The highest BCUT2D eigenvalue weighted by Gasteiger charge is 2.16. The van der Waals surface area contributed by atoms with E-state index in [1.807, 2.05) is 14.0 Å². The van der Waals surface area contributed by atoms with Gasteiger partial charge in [0.1, 0.15) is 10.8 Å². The second-order valence-corrected chi connectivity index (χ2v) is 4.50. The molecule has 2 heterocycles. The molecule has 0 saturated carbocycles. The van der Waals surface area contributed by atoms with Crippen molar-refractivity contribution in [3.8, 4) is 10.6 Å². The maximum Gasteiger partial charge on any atom is 0.153 e. The summed E-state index contributed by atoms with van der Waals surface area (Å²) >= 11 is 1.58. The van der Waals surface area contributed by atoms with Gasteiger partial charge in [-0.1, -0.05) is 23.4 Å². The minimum atomic E-state index is 0.270. The van der Waals surface area contributed by atoms with Crippen LogP contribution in [0.4, 0.5) is 0 Å². The maximum atomic E-state index is 5.01. The zero-order chi connectivity index (χ0) is 11.5. The van der Waals surface area contributed by atoms with E-state index in [4.69, 9.17) is 4.52 Å². The Morgan fingerprint density at radius 2 is 2.31 bits per heavy atom. The molecular weight excluding hydrogens is 224 g/mol. The topological polar surface area (TPSA) is 63.8 Å². The third-order valence-corrected chi connectivity index (χ3v) is 3.55. The quantitative estimate of drug-likeness (QED) is 0.884. The summed E-state index contributed by atoms with van der Waals surface area (Å²) in [5.41, 5.74) is 0.926. The molecule has 1 atom stereocenters. The molecule has 0 fully saturated rings. The van der Waals surface area contributed by atoms with Crippen molar-refractivity contribution in [1.82, 2.24) is 20.7 Å². The molecule has 86 valence electrons. The number of nitrogens with zero attached hydrogens (tertiary/aromatic N) is 3. The molecule has 2 aromatic rings. The van der Waals surface area contributed by atoms with Gasteiger partial charge in [0, 0.05) is 0 Å². The van der Waals surface area contributed by atoms with Crippen LogP contribution < -0.4 is 5.32 Å². The van der Waals surface area contributed by atoms with E-state index in [0.717, 1.165) is 27.8 Å². The summed E-state index contributed by atoms with van der Waals surface area (Å²) < 4.78 is 5.01. The molecule has 0 aliphatic heterocycles. The van der Waals surface area contributed by atoms with E-state index < -0.39 is 0 Å². The predicted molar refractivity (Wildman–Crippen MR) is 62.2 cm³/mol. The van der Waals surface area contributed by atoms with Crippen molar-refractivity contribution < 1.29 is 4.52 Å². The number of hydrogen-bond acceptors (Lipinski definition) is 6. The number of rotatable bonds is 4. The Balaban J connectivity index is 2.29. The molecule has 1 unspecified atom stereocenters. The summed E-state index contributed by atoms with van der Waals surface area (Å²) in [5, 5.41) is 17.2. The average molecular weight is 238 g/mol. The summed E-state index contributed by atoms with van der Waals surface area (Å²) in [5.74, 6) is 0.778. The van der Waals surface area contributed by atoms with E-state index in [1.54, 1.807) is 17.5 Å². The van der Waals surface area contributed by atoms with Gasteiger partial charge in [0.2, 0.25) is 0 Å². The fourth-order valence-corrected chi connectivity index (χ4v) is 2.59. The van der Waals surface area contributed by atoms with Crippen molar-refractivity contribution >= 4 is 11.3 Å². The Hall–Kier alpha value is -1.27. The first-order valence-corrected chi connectivity index (χ1v) is 6.00. The van der Waals surface area contributed by atoms with Gasteiger partial charge in [-0.15, -0.1) is 10.2 Å². The summed E-state index contributed by atoms with van der Waals surface area (Å²) in [6.07, 6.45) is 2.67. The lowest BCUT2D eigenvalue weighted by molar-refractivity contribution is 0.398. The molecule has 0 bridgehead atoms. The van der Waals surface area contributed by atoms with Crippen molar-refractivity contribution in [1.29, 1.82) is 0 Å². The van der Waals surface area contributed by atoms with Gasteiger partial charge < -0.3 is 9.84 Å². The second kappa shape index (κ2) is 4.71. The molecule has 0 aliphatic rings. The molecule has 5 nitrogen and oxygen atoms in total. The SMILES string of the molecule is CCC(NC)c1nnc(-c2cnoc2C)s1. The first-order valence-electron chi connectivity index (χ1n) is 5.18. The van der Waals surface area contributed by atoms with Gasteiger partial charge in [-0.2, -0.15) is 0 Å². The molecule has 0 amide bonds. The third-order valence-electron chi connectivity index (χ3n) is 2.48. The number of aryl methyl sites for hydroxylation is 1. The van der Waals surface area contributed by atoms with Crippen molar-refractivity contribution in [3.63, 3.8) is 0 Å². The summed E-state index contributed by atoms with van der Waals surface area (Å²) in [7, 11) is 1.93. The molecule has 0 aromatic carbocycles. The van der Waals surface area contributed by atoms with Crippen molar-refractivity contribution in [2.75, 3.05) is 7.05 Å². The fraction of sp³-hybridized carbons (Fsp3) is 0.500. The van der Waals surface area contributed by atoms with Crippen LogP contribution >= 0.6 is 11.3 Å². The minimum Gasteiger partial charge on any atom is -0.361 e. The van der Waals surface area contributed by atoms with Crippen LogP contribution in [0.5, 0.6) is 0 Å². The van der Waals surface area contributed by atoms with Crippen LogP contribution in [0.25, 0.3) is 10.6 Å².